The summed E-state index contributed by atoms with van der Waals surface area (Å²) in [6.07, 6.45) is 1.16. The topological polar surface area (TPSA) is 171 Å². The van der Waals surface area contributed by atoms with Crippen LogP contribution >= 0.6 is 23.2 Å². The van der Waals surface area contributed by atoms with Crippen LogP contribution in [0.2, 0.25) is 10.0 Å². The van der Waals surface area contributed by atoms with E-state index in [1.165, 1.54) is 0 Å². The van der Waals surface area contributed by atoms with Crippen molar-refractivity contribution in [2.24, 2.45) is 11.8 Å². The second-order valence-corrected chi connectivity index (χ2v) is 13.3. The summed E-state index contributed by atoms with van der Waals surface area (Å²) in [5.41, 5.74) is 1.68. The molecule has 2 unspecified atom stereocenters. The van der Waals surface area contributed by atoms with E-state index in [1.54, 1.807) is 12.1 Å². The summed E-state index contributed by atoms with van der Waals surface area (Å²) in [5, 5.41) is 16.7. The Morgan fingerprint density at radius 2 is 1.79 bits per heavy atom. The third kappa shape index (κ3) is 7.55. The number of amides is 3. The van der Waals surface area contributed by atoms with Gasteiger partial charge >= 0.3 is 11.8 Å². The van der Waals surface area contributed by atoms with Crippen LogP contribution in [0.5, 0.6) is 0 Å². The minimum atomic E-state index is -1.47. The predicted molar refractivity (Wildman–Crippen MR) is 182 cm³/mol. The molecular weight excluding hydrogens is 659 g/mol. The van der Waals surface area contributed by atoms with Gasteiger partial charge in [0.15, 0.2) is 0 Å². The maximum absolute atomic E-state index is 14.6. The number of aromatic nitrogens is 3. The number of nitrogens with one attached hydrogen (secondary N) is 5. The first-order chi connectivity index (χ1) is 22.9. The first-order valence-electron chi connectivity index (χ1n) is 16.1. The molecule has 0 aliphatic heterocycles. The average molecular weight is 700 g/mol. The van der Waals surface area contributed by atoms with Crippen LogP contribution in [0.15, 0.2) is 51.7 Å². The SMILES string of the molecule is CCC(C)[C@H](NC(=O)OCc1ccccc1)C(=O)N[C@@]1(C(=O)N[C@H](c2n[nH]c(=O)o2)C(C)CC)CCc2[nH]c3c(Cl)cc(Cl)cc3c2C1. The van der Waals surface area contributed by atoms with Crippen LogP contribution in [-0.4, -0.2) is 44.7 Å². The highest BCUT2D eigenvalue weighted by Gasteiger charge is 2.47. The van der Waals surface area contributed by atoms with Crippen molar-refractivity contribution in [1.82, 2.24) is 31.1 Å². The molecule has 2 aromatic heterocycles. The Hall–Kier alpha value is -4.29. The van der Waals surface area contributed by atoms with Gasteiger partial charge in [0.05, 0.1) is 10.5 Å². The van der Waals surface area contributed by atoms with Crippen molar-refractivity contribution in [3.8, 4) is 0 Å². The maximum atomic E-state index is 14.6. The first-order valence-corrected chi connectivity index (χ1v) is 16.8. The van der Waals surface area contributed by atoms with Crippen molar-refractivity contribution in [1.29, 1.82) is 0 Å². The number of alkyl carbamates (subject to hydrolysis) is 1. The average Bonchev–Trinajstić information content (AvgIpc) is 3.67. The minimum absolute atomic E-state index is 0.0304. The molecule has 5 atom stereocenters. The summed E-state index contributed by atoms with van der Waals surface area (Å²) in [7, 11) is 0. The molecular formula is C34H40Cl2N6O6. The third-order valence-corrected chi connectivity index (χ3v) is 9.82. The maximum Gasteiger partial charge on any atom is 0.434 e. The molecule has 0 radical (unpaired) electrons. The zero-order chi connectivity index (χ0) is 34.6. The number of ether oxygens (including phenoxy) is 1. The normalized spacial score (nSPS) is 18.3. The molecule has 2 aromatic carbocycles. The fraction of sp³-hybridized carbons (Fsp3) is 0.441. The number of aromatic amines is 2. The molecule has 0 fully saturated rings. The fourth-order valence-electron chi connectivity index (χ4n) is 6.07. The van der Waals surface area contributed by atoms with Gasteiger partial charge in [0.2, 0.25) is 17.7 Å². The van der Waals surface area contributed by atoms with Crippen molar-refractivity contribution >= 4 is 52.0 Å². The quantitative estimate of drug-likeness (QED) is 0.126. The predicted octanol–water partition coefficient (Wildman–Crippen LogP) is 5.74. The molecule has 5 N–H and O–H groups in total. The van der Waals surface area contributed by atoms with Crippen LogP contribution in [0.25, 0.3) is 10.9 Å². The van der Waals surface area contributed by atoms with E-state index in [-0.39, 0.29) is 37.2 Å². The zero-order valence-electron chi connectivity index (χ0n) is 27.2. The summed E-state index contributed by atoms with van der Waals surface area (Å²) in [4.78, 5) is 56.9. The number of hydrogen-bond donors (Lipinski definition) is 5. The molecule has 1 aliphatic rings. The van der Waals surface area contributed by atoms with Gasteiger partial charge in [-0.05, 0) is 47.9 Å². The second kappa shape index (κ2) is 14.9. The van der Waals surface area contributed by atoms with Gasteiger partial charge in [-0.3, -0.25) is 9.59 Å². The van der Waals surface area contributed by atoms with Crippen LogP contribution in [0.4, 0.5) is 4.79 Å². The number of rotatable bonds is 12. The molecule has 0 spiro atoms. The van der Waals surface area contributed by atoms with E-state index in [9.17, 15) is 19.2 Å². The van der Waals surface area contributed by atoms with Crippen LogP contribution in [0, 0.1) is 11.8 Å². The molecule has 0 saturated carbocycles. The monoisotopic (exact) mass is 698 g/mol. The lowest BCUT2D eigenvalue weighted by Crippen LogP contribution is -2.65. The molecule has 256 valence electrons. The molecule has 2 heterocycles. The van der Waals surface area contributed by atoms with Crippen molar-refractivity contribution in [2.75, 3.05) is 0 Å². The summed E-state index contributed by atoms with van der Waals surface area (Å²) in [5.74, 6) is -2.22. The number of carbonyl (C=O) groups is 3. The van der Waals surface area contributed by atoms with Gasteiger partial charge < -0.3 is 30.1 Å². The van der Waals surface area contributed by atoms with Gasteiger partial charge in [-0.2, -0.15) is 0 Å². The third-order valence-electron chi connectivity index (χ3n) is 9.30. The van der Waals surface area contributed by atoms with Gasteiger partial charge in [-0.1, -0.05) is 94.1 Å². The number of aryl methyl sites for hydroxylation is 1. The van der Waals surface area contributed by atoms with Crippen LogP contribution in [0.1, 0.15) is 75.7 Å². The zero-order valence-corrected chi connectivity index (χ0v) is 28.8. The highest BCUT2D eigenvalue weighted by atomic mass is 35.5. The van der Waals surface area contributed by atoms with Crippen LogP contribution < -0.4 is 21.7 Å². The Labute approximate surface area is 287 Å². The Balaban J connectivity index is 1.48. The van der Waals surface area contributed by atoms with Crippen molar-refractivity contribution in [3.63, 3.8) is 0 Å². The Kier molecular flexibility index (Phi) is 10.8. The van der Waals surface area contributed by atoms with Crippen molar-refractivity contribution in [3.05, 3.63) is 85.8 Å². The smallest absolute Gasteiger partial charge is 0.434 e. The summed E-state index contributed by atoms with van der Waals surface area (Å²) in [6, 6.07) is 10.9. The van der Waals surface area contributed by atoms with E-state index >= 15 is 0 Å². The summed E-state index contributed by atoms with van der Waals surface area (Å²) in [6.45, 7) is 7.62. The van der Waals surface area contributed by atoms with E-state index < -0.39 is 41.3 Å². The van der Waals surface area contributed by atoms with Crippen molar-refractivity contribution < 1.29 is 23.5 Å². The molecule has 0 bridgehead atoms. The van der Waals surface area contributed by atoms with Gasteiger partial charge in [0.1, 0.15) is 24.2 Å². The van der Waals surface area contributed by atoms with E-state index in [2.05, 4.69) is 31.1 Å². The largest absolute Gasteiger partial charge is 0.445 e. The lowest BCUT2D eigenvalue weighted by atomic mass is 9.78. The highest BCUT2D eigenvalue weighted by molar-refractivity contribution is 6.38. The van der Waals surface area contributed by atoms with Gasteiger partial charge in [0, 0.05) is 22.5 Å². The molecule has 5 rings (SSSR count). The Bertz CT molecular complexity index is 1840. The number of H-pyrrole nitrogens is 2. The van der Waals surface area contributed by atoms with E-state index in [0.29, 0.717) is 34.8 Å². The first kappa shape index (κ1) is 35.0. The van der Waals surface area contributed by atoms with Gasteiger partial charge in [0.25, 0.3) is 0 Å². The van der Waals surface area contributed by atoms with E-state index in [1.807, 2.05) is 58.0 Å². The molecule has 12 nitrogen and oxygen atoms in total. The van der Waals surface area contributed by atoms with Crippen LogP contribution in [-0.2, 0) is 33.8 Å². The summed E-state index contributed by atoms with van der Waals surface area (Å²) < 4.78 is 10.7. The number of hydrogen-bond acceptors (Lipinski definition) is 7. The Morgan fingerprint density at radius 1 is 1.06 bits per heavy atom. The molecule has 4 aromatic rings. The number of halogens is 2. The molecule has 1 aliphatic carbocycles. The molecule has 0 saturated heterocycles. The van der Waals surface area contributed by atoms with Gasteiger partial charge in [-0.15, -0.1) is 5.10 Å². The minimum Gasteiger partial charge on any atom is -0.445 e. The van der Waals surface area contributed by atoms with Crippen LogP contribution in [0.3, 0.4) is 0 Å². The number of nitrogens with zero attached hydrogens (tertiary/aromatic N) is 1. The van der Waals surface area contributed by atoms with E-state index in [0.717, 1.165) is 22.2 Å². The molecule has 14 heteroatoms. The standard InChI is InChI=1S/C34H40Cl2N6O6/c1-5-18(3)26(39-32(45)47-17-20-10-8-7-9-11-20)29(43)40-34(31(44)38-27(19(4)6-2)30-41-42-33(46)48-30)13-12-25-23(16-34)22-14-21(35)15-24(36)28(22)37-25/h7-11,14-15,18-19,26-27,37H,5-6,12-13,16-17H2,1-4H3,(H,38,44)(H,39,45)(H,40,43)(H,42,46)/t18?,19?,26-,27-,34-/m0/s1. The number of fused-ring (bicyclic) bond motifs is 3. The van der Waals surface area contributed by atoms with E-state index in [4.69, 9.17) is 32.4 Å². The second-order valence-electron chi connectivity index (χ2n) is 12.5. The van der Waals surface area contributed by atoms with Gasteiger partial charge in [-0.25, -0.2) is 14.7 Å². The molecule has 3 amide bonds. The molecule has 48 heavy (non-hydrogen) atoms. The highest BCUT2D eigenvalue weighted by Crippen LogP contribution is 2.39. The lowest BCUT2D eigenvalue weighted by Gasteiger charge is -2.39. The number of benzene rings is 2. The summed E-state index contributed by atoms with van der Waals surface area (Å²) >= 11 is 12.9. The Morgan fingerprint density at radius 3 is 2.46 bits per heavy atom. The fourth-order valence-corrected chi connectivity index (χ4v) is 6.61. The number of carbonyl (C=O) groups excluding carboxylic acids is 3. The van der Waals surface area contributed by atoms with Crippen molar-refractivity contribution in [2.45, 2.75) is 84.0 Å². The lowest BCUT2D eigenvalue weighted by molar-refractivity contribution is -0.136.